The third kappa shape index (κ3) is 20.1. The van der Waals surface area contributed by atoms with E-state index in [1.54, 1.807) is 0 Å². The summed E-state index contributed by atoms with van der Waals surface area (Å²) >= 11 is -5.00. The molecule has 0 amide bonds. The average Bonchev–Trinajstić information content (AvgIpc) is 3.64. The molecule has 0 aliphatic rings. The van der Waals surface area contributed by atoms with Gasteiger partial charge in [0.2, 0.25) is 0 Å². The van der Waals surface area contributed by atoms with Gasteiger partial charge in [-0.05, 0) is 0 Å². The molecular formula is C48H96O4S3Sn2. The van der Waals surface area contributed by atoms with E-state index in [0.29, 0.717) is 22.6 Å². The molecule has 0 aromatic carbocycles. The third-order valence-electron chi connectivity index (χ3n) is 13.0. The van der Waals surface area contributed by atoms with Crippen molar-refractivity contribution in [3.63, 3.8) is 0 Å². The quantitative estimate of drug-likeness (QED) is 0.0485. The van der Waals surface area contributed by atoms with E-state index in [1.807, 2.05) is 11.3 Å². The second kappa shape index (κ2) is 32.8. The summed E-state index contributed by atoms with van der Waals surface area (Å²) in [7, 11) is -7.59. The van der Waals surface area contributed by atoms with E-state index in [9.17, 15) is 0 Å². The van der Waals surface area contributed by atoms with Crippen molar-refractivity contribution < 1.29 is 16.8 Å². The monoisotopic (exact) mass is 1070 g/mol. The smallest absolute Gasteiger partial charge is 0.0654 e. The standard InChI is InChI=1S/C24H42O4S3.6C4H9.2Sn/c1-3-5-7-9-11-13-15-17-19-30(25,26)23-21-29-22-24(23)31(27,28)20-18-16-14-12-10-8-6-4-2;6*1-3-4-2;;/h3-20H2,1-2H3;6*1,3-4H2,2H3;;. The van der Waals surface area contributed by atoms with E-state index >= 15 is 16.8 Å². The third-order valence-corrected chi connectivity index (χ3v) is 55.9. The minimum absolute atomic E-state index is 0.115. The molecule has 1 aromatic heterocycles. The summed E-state index contributed by atoms with van der Waals surface area (Å²) in [5, 5.41) is 0. The summed E-state index contributed by atoms with van der Waals surface area (Å²) in [5.41, 5.74) is 0. The molecule has 0 bridgehead atoms. The van der Waals surface area contributed by atoms with Gasteiger partial charge >= 0.3 is 360 Å². The Hall–Kier alpha value is 1.20. The Balaban J connectivity index is 4.25. The van der Waals surface area contributed by atoms with Crippen molar-refractivity contribution in [1.29, 1.82) is 0 Å². The van der Waals surface area contributed by atoms with E-state index < -0.39 is 56.4 Å². The average molecular weight is 1070 g/mol. The number of hydrogen-bond donors (Lipinski definition) is 0. The zero-order chi connectivity index (χ0) is 42.5. The van der Waals surface area contributed by atoms with E-state index in [4.69, 9.17) is 0 Å². The van der Waals surface area contributed by atoms with Crippen LogP contribution in [0, 0.1) is 0 Å². The summed E-state index contributed by atoms with van der Waals surface area (Å²) in [6, 6.07) is 0. The van der Waals surface area contributed by atoms with Gasteiger partial charge in [-0.25, -0.2) is 0 Å². The summed E-state index contributed by atoms with van der Waals surface area (Å²) in [6.07, 6.45) is 31.2. The molecule has 0 spiro atoms. The van der Waals surface area contributed by atoms with Crippen LogP contribution in [0.2, 0.25) is 26.6 Å². The fourth-order valence-corrected chi connectivity index (χ4v) is 62.5. The first-order valence-electron chi connectivity index (χ1n) is 25.1. The van der Waals surface area contributed by atoms with Crippen LogP contribution in [-0.4, -0.2) is 65.1 Å². The predicted molar refractivity (Wildman–Crippen MR) is 263 cm³/mol. The van der Waals surface area contributed by atoms with E-state index in [0.717, 1.165) is 103 Å². The van der Waals surface area contributed by atoms with E-state index in [-0.39, 0.29) is 11.5 Å². The summed E-state index contributed by atoms with van der Waals surface area (Å²) in [6.45, 7) is 18.2. The van der Waals surface area contributed by atoms with Gasteiger partial charge in [0, 0.05) is 0 Å². The Morgan fingerprint density at radius 3 is 0.754 bits per heavy atom. The van der Waals surface area contributed by atoms with Crippen molar-refractivity contribution in [3.05, 3.63) is 0 Å². The first-order valence-corrected chi connectivity index (χ1v) is 44.2. The molecule has 9 heteroatoms. The minimum Gasteiger partial charge on any atom is -0.0654 e. The number of sulfone groups is 2. The number of unbranched alkanes of at least 4 members (excludes halogenated alkanes) is 20. The molecule has 0 radical (unpaired) electrons. The van der Waals surface area contributed by atoms with Crippen LogP contribution in [0.4, 0.5) is 0 Å². The Morgan fingerprint density at radius 1 is 0.316 bits per heavy atom. The van der Waals surface area contributed by atoms with Gasteiger partial charge < -0.3 is 0 Å². The molecule has 0 N–H and O–H groups in total. The van der Waals surface area contributed by atoms with Crippen LogP contribution in [-0.2, 0) is 19.7 Å². The summed E-state index contributed by atoms with van der Waals surface area (Å²) in [4.78, 5) is 0.879. The summed E-state index contributed by atoms with van der Waals surface area (Å²) < 4.78 is 71.2. The van der Waals surface area contributed by atoms with E-state index in [1.165, 1.54) is 96.6 Å². The number of hydrogen-bond acceptors (Lipinski definition) is 5. The normalized spacial score (nSPS) is 12.9. The van der Waals surface area contributed by atoms with Crippen molar-refractivity contribution in [2.75, 3.05) is 11.5 Å². The molecule has 0 aliphatic carbocycles. The molecule has 0 saturated carbocycles. The van der Waals surface area contributed by atoms with Gasteiger partial charge in [0.25, 0.3) is 0 Å². The van der Waals surface area contributed by atoms with Gasteiger partial charge in [-0.3, -0.25) is 0 Å². The Kier molecular flexibility index (Phi) is 32.4. The topological polar surface area (TPSA) is 68.3 Å². The molecule has 0 unspecified atom stereocenters. The zero-order valence-corrected chi connectivity index (χ0v) is 47.5. The Morgan fingerprint density at radius 2 is 0.526 bits per heavy atom. The van der Waals surface area contributed by atoms with Crippen LogP contribution in [0.3, 0.4) is 0 Å². The van der Waals surface area contributed by atoms with E-state index in [2.05, 4.69) is 55.4 Å². The molecule has 1 aromatic rings. The van der Waals surface area contributed by atoms with Crippen molar-refractivity contribution in [3.8, 4) is 0 Å². The van der Waals surface area contributed by atoms with Crippen LogP contribution in [0.5, 0.6) is 0 Å². The number of thiophene rings is 1. The maximum atomic E-state index is 15.4. The van der Waals surface area contributed by atoms with Crippen molar-refractivity contribution in [2.24, 2.45) is 0 Å². The molecule has 1 rings (SSSR count). The molecule has 4 nitrogen and oxygen atoms in total. The second-order valence-corrected chi connectivity index (χ2v) is 51.4. The molecule has 338 valence electrons. The Bertz CT molecular complexity index is 1210. The van der Waals surface area contributed by atoms with Crippen molar-refractivity contribution in [1.82, 2.24) is 0 Å². The predicted octanol–water partition coefficient (Wildman–Crippen LogP) is 15.7. The fourth-order valence-electron chi connectivity index (χ4n) is 9.24. The van der Waals surface area contributed by atoms with Crippen LogP contribution in [0.15, 0.2) is 9.79 Å². The van der Waals surface area contributed by atoms with Crippen LogP contribution in [0.1, 0.15) is 235 Å². The maximum absolute atomic E-state index is 15.4. The molecule has 1 heterocycles. The molecule has 0 atom stereocenters. The fraction of sp³-hybridized carbons (Fsp3) is 0.917. The molecule has 0 aliphatic heterocycles. The first-order chi connectivity index (χ1) is 27.5. The van der Waals surface area contributed by atoms with Crippen LogP contribution < -0.4 is 5.79 Å². The SMILES string of the molecule is CCCCCCCCCCS(=O)(=O)c1[c]([Sn]([CH2]CCC)([CH2]CCC)[CH2]CCC)s[c]([Sn]([CH2]CCC)([CH2]CCC)[CH2]CCC)c1S(=O)(=O)CCCCCCCCCC. The van der Waals surface area contributed by atoms with Crippen molar-refractivity contribution in [2.45, 2.75) is 272 Å². The summed E-state index contributed by atoms with van der Waals surface area (Å²) in [5.74, 6) is 0.230. The molecular weight excluding hydrogens is 974 g/mol. The molecule has 57 heavy (non-hydrogen) atoms. The van der Waals surface area contributed by atoms with Gasteiger partial charge in [-0.2, -0.15) is 0 Å². The van der Waals surface area contributed by atoms with Gasteiger partial charge in [-0.15, -0.1) is 0 Å². The zero-order valence-electron chi connectivity index (χ0n) is 39.3. The minimum atomic E-state index is -3.80. The molecule has 0 saturated heterocycles. The van der Waals surface area contributed by atoms with Crippen LogP contribution >= 0.6 is 11.3 Å². The second-order valence-electron chi connectivity index (χ2n) is 18.2. The van der Waals surface area contributed by atoms with Crippen molar-refractivity contribution >= 4 is 73.6 Å². The van der Waals surface area contributed by atoms with Crippen LogP contribution in [0.25, 0.3) is 0 Å². The number of rotatable bonds is 40. The van der Waals surface area contributed by atoms with Gasteiger partial charge in [0.15, 0.2) is 0 Å². The van der Waals surface area contributed by atoms with Gasteiger partial charge in [-0.1, -0.05) is 13.8 Å². The van der Waals surface area contributed by atoms with Gasteiger partial charge in [0.1, 0.15) is 0 Å². The molecule has 0 fully saturated rings. The first kappa shape index (κ1) is 56.2. The van der Waals surface area contributed by atoms with Gasteiger partial charge in [0.05, 0.1) is 0 Å². The Labute approximate surface area is 370 Å².